The molecule has 0 radical (unpaired) electrons. The van der Waals surface area contributed by atoms with Crippen molar-refractivity contribution >= 4 is 17.4 Å². The van der Waals surface area contributed by atoms with Crippen molar-refractivity contribution in [2.24, 2.45) is 0 Å². The topological polar surface area (TPSA) is 77.8 Å². The third kappa shape index (κ3) is 4.05. The highest BCUT2D eigenvalue weighted by molar-refractivity contribution is 6.16. The van der Waals surface area contributed by atoms with Crippen molar-refractivity contribution in [2.75, 3.05) is 4.90 Å². The normalized spacial score (nSPS) is 16.1. The van der Waals surface area contributed by atoms with Crippen LogP contribution in [0.15, 0.2) is 90.2 Å². The molecular weight excluding hydrogens is 397 g/mol. The number of aliphatic hydroxyl groups is 1. The number of nitrogens with zero attached hydrogens (tertiary/aromatic N) is 1. The molecule has 1 amide bonds. The highest BCUT2D eigenvalue weighted by Crippen LogP contribution is 2.42. The highest BCUT2D eigenvalue weighted by atomic mass is 19.1. The van der Waals surface area contributed by atoms with Crippen LogP contribution in [-0.4, -0.2) is 21.9 Å². The number of phenols is 1. The Morgan fingerprint density at radius 1 is 0.935 bits per heavy atom. The van der Waals surface area contributed by atoms with Gasteiger partial charge >= 0.3 is 0 Å². The molecule has 0 fully saturated rings. The average molecular weight is 417 g/mol. The van der Waals surface area contributed by atoms with E-state index in [0.717, 1.165) is 5.56 Å². The Morgan fingerprint density at radius 3 is 2.39 bits per heavy atom. The second kappa shape index (κ2) is 8.44. The number of rotatable bonds is 6. The van der Waals surface area contributed by atoms with Crippen molar-refractivity contribution in [2.45, 2.75) is 18.9 Å². The minimum atomic E-state index is -0.982. The van der Waals surface area contributed by atoms with Gasteiger partial charge in [-0.15, -0.1) is 0 Å². The molecule has 6 heteroatoms. The summed E-state index contributed by atoms with van der Waals surface area (Å²) in [4.78, 5) is 27.3. The summed E-state index contributed by atoms with van der Waals surface area (Å²) in [5, 5.41) is 20.6. The van der Waals surface area contributed by atoms with Gasteiger partial charge in [-0.1, -0.05) is 48.5 Å². The molecule has 0 spiro atoms. The zero-order valence-electron chi connectivity index (χ0n) is 16.5. The summed E-state index contributed by atoms with van der Waals surface area (Å²) in [6, 6.07) is 19.9. The minimum Gasteiger partial charge on any atom is -0.508 e. The van der Waals surface area contributed by atoms with Crippen LogP contribution < -0.4 is 4.90 Å². The standard InChI is InChI=1S/C25H20FNO4/c26-18-9-5-10-19(15-18)27-23(17-8-4-11-20(28)14-17)22(24(30)25(27)31)21(29)13-12-16-6-2-1-3-7-16/h1-11,14-15,23,28,30H,12-13H2. The van der Waals surface area contributed by atoms with Gasteiger partial charge in [-0.3, -0.25) is 14.5 Å². The molecule has 31 heavy (non-hydrogen) atoms. The Labute approximate surface area is 178 Å². The first-order valence-corrected chi connectivity index (χ1v) is 9.84. The maximum Gasteiger partial charge on any atom is 0.294 e. The van der Waals surface area contributed by atoms with Crippen molar-refractivity contribution in [1.82, 2.24) is 0 Å². The molecule has 1 aliphatic heterocycles. The Balaban J connectivity index is 1.74. The lowest BCUT2D eigenvalue weighted by molar-refractivity contribution is -0.118. The van der Waals surface area contributed by atoms with Crippen LogP contribution in [0.1, 0.15) is 23.6 Å². The van der Waals surface area contributed by atoms with Crippen LogP contribution in [0.2, 0.25) is 0 Å². The van der Waals surface area contributed by atoms with Crippen LogP contribution in [0.25, 0.3) is 0 Å². The van der Waals surface area contributed by atoms with Gasteiger partial charge in [0.05, 0.1) is 11.6 Å². The fraction of sp³-hybridized carbons (Fsp3) is 0.120. The predicted octanol–water partition coefficient (Wildman–Crippen LogP) is 4.63. The predicted molar refractivity (Wildman–Crippen MR) is 114 cm³/mol. The summed E-state index contributed by atoms with van der Waals surface area (Å²) < 4.78 is 13.9. The average Bonchev–Trinajstić information content (AvgIpc) is 3.03. The first kappa shape index (κ1) is 20.3. The third-order valence-electron chi connectivity index (χ3n) is 5.26. The van der Waals surface area contributed by atoms with Crippen LogP contribution in [0.5, 0.6) is 5.75 Å². The second-order valence-corrected chi connectivity index (χ2v) is 7.32. The molecule has 1 unspecified atom stereocenters. The molecule has 0 aliphatic carbocycles. The monoisotopic (exact) mass is 417 g/mol. The highest BCUT2D eigenvalue weighted by Gasteiger charge is 2.44. The first-order chi connectivity index (χ1) is 15.0. The lowest BCUT2D eigenvalue weighted by Gasteiger charge is -2.27. The number of anilines is 1. The maximum absolute atomic E-state index is 13.9. The Bertz CT molecular complexity index is 1170. The van der Waals surface area contributed by atoms with Crippen molar-refractivity contribution in [3.8, 4) is 5.75 Å². The number of hydrogen-bond donors (Lipinski definition) is 2. The van der Waals surface area contributed by atoms with E-state index < -0.39 is 23.5 Å². The van der Waals surface area contributed by atoms with Gasteiger partial charge in [0.15, 0.2) is 11.5 Å². The number of aryl methyl sites for hydroxylation is 1. The van der Waals surface area contributed by atoms with E-state index >= 15 is 0 Å². The van der Waals surface area contributed by atoms with E-state index in [4.69, 9.17) is 0 Å². The molecule has 1 aliphatic rings. The number of aromatic hydroxyl groups is 1. The Morgan fingerprint density at radius 2 is 1.68 bits per heavy atom. The van der Waals surface area contributed by atoms with Gasteiger partial charge in [0.2, 0.25) is 0 Å². The molecule has 4 rings (SSSR count). The van der Waals surface area contributed by atoms with Gasteiger partial charge < -0.3 is 10.2 Å². The summed E-state index contributed by atoms with van der Waals surface area (Å²) in [6.07, 6.45) is 0.528. The molecule has 3 aromatic rings. The Hall–Kier alpha value is -3.93. The SMILES string of the molecule is O=C(CCc1ccccc1)C1=C(O)C(=O)N(c2cccc(F)c2)C1c1cccc(O)c1. The first-order valence-electron chi connectivity index (χ1n) is 9.84. The number of ketones is 1. The van der Waals surface area contributed by atoms with Crippen molar-refractivity contribution in [3.05, 3.63) is 107 Å². The van der Waals surface area contributed by atoms with Gasteiger partial charge in [-0.2, -0.15) is 0 Å². The van der Waals surface area contributed by atoms with E-state index in [2.05, 4.69) is 0 Å². The second-order valence-electron chi connectivity index (χ2n) is 7.32. The zero-order chi connectivity index (χ0) is 22.0. The molecule has 1 atom stereocenters. The minimum absolute atomic E-state index is 0.0494. The van der Waals surface area contributed by atoms with E-state index in [0.29, 0.717) is 12.0 Å². The van der Waals surface area contributed by atoms with Crippen LogP contribution in [0.4, 0.5) is 10.1 Å². The maximum atomic E-state index is 13.9. The van der Waals surface area contributed by atoms with Gasteiger partial charge in [-0.25, -0.2) is 4.39 Å². The van der Waals surface area contributed by atoms with Gasteiger partial charge in [0, 0.05) is 12.1 Å². The summed E-state index contributed by atoms with van der Waals surface area (Å²) in [5.74, 6) is -2.44. The van der Waals surface area contributed by atoms with E-state index in [1.165, 1.54) is 41.3 Å². The van der Waals surface area contributed by atoms with Crippen LogP contribution in [0.3, 0.4) is 0 Å². The number of Topliss-reactive ketones (excluding diaryl/α,β-unsaturated/α-hetero) is 1. The van der Waals surface area contributed by atoms with E-state index in [1.54, 1.807) is 12.1 Å². The van der Waals surface area contributed by atoms with E-state index in [9.17, 15) is 24.2 Å². The number of phenolic OH excluding ortho intramolecular Hbond substituents is 1. The zero-order valence-corrected chi connectivity index (χ0v) is 16.5. The lowest BCUT2D eigenvalue weighted by Crippen LogP contribution is -2.31. The fourth-order valence-corrected chi connectivity index (χ4v) is 3.83. The molecule has 2 N–H and O–H groups in total. The van der Waals surface area contributed by atoms with Gasteiger partial charge in [0.25, 0.3) is 5.91 Å². The van der Waals surface area contributed by atoms with Gasteiger partial charge in [0.1, 0.15) is 11.6 Å². The fourth-order valence-electron chi connectivity index (χ4n) is 3.83. The summed E-state index contributed by atoms with van der Waals surface area (Å²) in [6.45, 7) is 0. The van der Waals surface area contributed by atoms with Crippen molar-refractivity contribution < 1.29 is 24.2 Å². The van der Waals surface area contributed by atoms with Crippen molar-refractivity contribution in [3.63, 3.8) is 0 Å². The van der Waals surface area contributed by atoms with E-state index in [1.807, 2.05) is 30.3 Å². The number of hydrogen-bond acceptors (Lipinski definition) is 4. The van der Waals surface area contributed by atoms with Crippen LogP contribution in [0, 0.1) is 5.82 Å². The van der Waals surface area contributed by atoms with Crippen LogP contribution >= 0.6 is 0 Å². The van der Waals surface area contributed by atoms with Crippen molar-refractivity contribution in [1.29, 1.82) is 0 Å². The number of amides is 1. The van der Waals surface area contributed by atoms with Gasteiger partial charge in [-0.05, 0) is 47.9 Å². The smallest absolute Gasteiger partial charge is 0.294 e. The quantitative estimate of drug-likeness (QED) is 0.613. The van der Waals surface area contributed by atoms with E-state index in [-0.39, 0.29) is 29.2 Å². The molecule has 1 heterocycles. The summed E-state index contributed by atoms with van der Waals surface area (Å²) in [7, 11) is 0. The molecular formula is C25H20FNO4. The largest absolute Gasteiger partial charge is 0.508 e. The lowest BCUT2D eigenvalue weighted by atomic mass is 9.93. The molecule has 0 saturated carbocycles. The molecule has 0 bridgehead atoms. The number of halogens is 1. The molecule has 156 valence electrons. The number of aliphatic hydroxyl groups excluding tert-OH is 1. The Kier molecular flexibility index (Phi) is 5.54. The van der Waals surface area contributed by atoms with Crippen LogP contribution in [-0.2, 0) is 16.0 Å². The number of carbonyl (C=O) groups excluding carboxylic acids is 2. The molecule has 0 aromatic heterocycles. The summed E-state index contributed by atoms with van der Waals surface area (Å²) >= 11 is 0. The molecule has 5 nitrogen and oxygen atoms in total. The molecule has 0 saturated heterocycles. The number of benzene rings is 3. The summed E-state index contributed by atoms with van der Waals surface area (Å²) in [5.41, 5.74) is 1.53. The third-order valence-corrected chi connectivity index (χ3v) is 5.26. The number of carbonyl (C=O) groups is 2. The molecule has 3 aromatic carbocycles.